The van der Waals surface area contributed by atoms with Gasteiger partial charge in [-0.2, -0.15) is 23.3 Å². The molecule has 4 aromatic rings. The van der Waals surface area contributed by atoms with Crippen molar-refractivity contribution in [2.24, 2.45) is 0 Å². The molecule has 0 bridgehead atoms. The molecule has 1 radical (unpaired) electrons. The summed E-state index contributed by atoms with van der Waals surface area (Å²) in [4.78, 5) is 17.2. The van der Waals surface area contributed by atoms with E-state index in [-0.39, 0.29) is 51.6 Å². The predicted octanol–water partition coefficient (Wildman–Crippen LogP) is 6.19. The van der Waals surface area contributed by atoms with Crippen LogP contribution >= 0.6 is 11.3 Å². The van der Waals surface area contributed by atoms with Gasteiger partial charge in [0.2, 0.25) is 0 Å². The average Bonchev–Trinajstić information content (AvgIpc) is 3.36. The van der Waals surface area contributed by atoms with Crippen LogP contribution in [0.2, 0.25) is 0 Å². The third kappa shape index (κ3) is 6.12. The minimum Gasteiger partial charge on any atom is -0.358 e. The van der Waals surface area contributed by atoms with Crippen LogP contribution in [0.1, 0.15) is 26.5 Å². The Morgan fingerprint density at radius 3 is 2.41 bits per heavy atom. The number of nitrogens with one attached hydrogen (secondary N) is 2. The maximum absolute atomic E-state index is 12.7. The van der Waals surface area contributed by atoms with E-state index in [1.165, 1.54) is 11.3 Å². The number of nitrogens with zero attached hydrogens (tertiary/aromatic N) is 3. The Kier molecular flexibility index (Phi) is 8.90. The van der Waals surface area contributed by atoms with E-state index < -0.39 is 0 Å². The number of amides is 2. The van der Waals surface area contributed by atoms with Crippen molar-refractivity contribution in [3.63, 3.8) is 0 Å². The SMILES string of the molecule is CC(C)(C)c1cc(NC(=O)Nc2nc(-c3ccccc3)cs2)n(-c2cc[c-]cc2)n1.[CH3-].[Y]. The standard InChI is InChI=1S/C23H22N5OS.CH3.Y/c1-23(2,3)19-14-20(28(27-19)17-12-8-5-9-13-17)25-21(29)26-22-24-18(15-30-22)16-10-6-4-7-11-16;;/h4,6-15H,1-3H3,(H2,24,25,26,29);1H3;/q2*-1;. The molecule has 8 heteroatoms. The van der Waals surface area contributed by atoms with E-state index in [1.807, 2.05) is 66.0 Å². The quantitative estimate of drug-likeness (QED) is 0.316. The fraction of sp³-hybridized carbons (Fsp3) is 0.167. The summed E-state index contributed by atoms with van der Waals surface area (Å²) in [5.41, 5.74) is 3.41. The summed E-state index contributed by atoms with van der Waals surface area (Å²) in [7, 11) is 0. The molecule has 0 aliphatic carbocycles. The van der Waals surface area contributed by atoms with Gasteiger partial charge < -0.3 is 7.43 Å². The molecular weight excluding hydrogens is 495 g/mol. The first-order chi connectivity index (χ1) is 14.4. The summed E-state index contributed by atoms with van der Waals surface area (Å²) < 4.78 is 1.73. The number of aromatic nitrogens is 3. The molecule has 2 heterocycles. The molecule has 0 aliphatic rings. The number of hydrogen-bond donors (Lipinski definition) is 2. The molecule has 2 aromatic heterocycles. The van der Waals surface area contributed by atoms with Crippen molar-refractivity contribution in [3.8, 4) is 16.9 Å². The van der Waals surface area contributed by atoms with E-state index >= 15 is 0 Å². The normalized spacial score (nSPS) is 10.6. The fourth-order valence-electron chi connectivity index (χ4n) is 2.87. The van der Waals surface area contributed by atoms with Crippen molar-refractivity contribution < 1.29 is 37.5 Å². The fourth-order valence-corrected chi connectivity index (χ4v) is 3.58. The molecule has 32 heavy (non-hydrogen) atoms. The molecule has 0 spiro atoms. The van der Waals surface area contributed by atoms with Crippen LogP contribution in [-0.2, 0) is 38.1 Å². The number of rotatable bonds is 4. The minimum absolute atomic E-state index is 0. The van der Waals surface area contributed by atoms with E-state index in [1.54, 1.807) is 4.68 Å². The molecule has 2 N–H and O–H groups in total. The van der Waals surface area contributed by atoms with Crippen LogP contribution in [0.25, 0.3) is 16.9 Å². The van der Waals surface area contributed by atoms with Gasteiger partial charge in [0, 0.05) is 55.1 Å². The van der Waals surface area contributed by atoms with E-state index in [9.17, 15) is 4.79 Å². The molecular formula is C24H25N5OSY-2. The Morgan fingerprint density at radius 1 is 1.06 bits per heavy atom. The van der Waals surface area contributed by atoms with Crippen LogP contribution < -0.4 is 10.6 Å². The predicted molar refractivity (Wildman–Crippen MR) is 128 cm³/mol. The van der Waals surface area contributed by atoms with Crippen LogP contribution in [0.15, 0.2) is 66.0 Å². The Hall–Kier alpha value is -2.35. The average molecular weight is 520 g/mol. The van der Waals surface area contributed by atoms with Crippen molar-refractivity contribution >= 4 is 28.3 Å². The smallest absolute Gasteiger partial charge is 0.326 e. The second-order valence-corrected chi connectivity index (χ2v) is 8.68. The van der Waals surface area contributed by atoms with Gasteiger partial charge in [0.1, 0.15) is 5.82 Å². The number of hydrogen-bond acceptors (Lipinski definition) is 4. The van der Waals surface area contributed by atoms with E-state index in [0.29, 0.717) is 10.9 Å². The number of urea groups is 1. The second kappa shape index (κ2) is 11.0. The van der Waals surface area contributed by atoms with Crippen LogP contribution in [0.3, 0.4) is 0 Å². The summed E-state index contributed by atoms with van der Waals surface area (Å²) in [5, 5.41) is 12.9. The van der Waals surface area contributed by atoms with E-state index in [0.717, 1.165) is 22.6 Å². The Bertz CT molecular complexity index is 1150. The Labute approximate surface area is 218 Å². The van der Waals surface area contributed by atoms with Gasteiger partial charge in [-0.05, 0) is 5.69 Å². The van der Waals surface area contributed by atoms with E-state index in [4.69, 9.17) is 5.10 Å². The zero-order valence-electron chi connectivity index (χ0n) is 18.6. The molecule has 0 aliphatic heterocycles. The minimum atomic E-state index is -0.368. The van der Waals surface area contributed by atoms with Crippen molar-refractivity contribution in [2.75, 3.05) is 10.6 Å². The van der Waals surface area contributed by atoms with Crippen LogP contribution in [-0.4, -0.2) is 20.8 Å². The summed E-state index contributed by atoms with van der Waals surface area (Å²) in [6.45, 7) is 6.26. The number of carbonyl (C=O) groups excluding carboxylic acids is 1. The van der Waals surface area contributed by atoms with Gasteiger partial charge in [-0.1, -0.05) is 51.1 Å². The maximum atomic E-state index is 12.7. The monoisotopic (exact) mass is 520 g/mol. The summed E-state index contributed by atoms with van der Waals surface area (Å²) in [6, 6.07) is 21.8. The number of anilines is 2. The molecule has 4 rings (SSSR count). The van der Waals surface area contributed by atoms with Gasteiger partial charge in [0.25, 0.3) is 0 Å². The Morgan fingerprint density at radius 2 is 1.75 bits per heavy atom. The number of thiazole rings is 1. The van der Waals surface area contributed by atoms with Gasteiger partial charge >= 0.3 is 6.03 Å². The van der Waals surface area contributed by atoms with E-state index in [2.05, 4.69) is 42.5 Å². The molecule has 0 saturated carbocycles. The third-order valence-corrected chi connectivity index (χ3v) is 5.22. The largest absolute Gasteiger partial charge is 0.358 e. The van der Waals surface area contributed by atoms with Crippen LogP contribution in [0, 0.1) is 13.5 Å². The molecule has 0 saturated heterocycles. The summed E-state index contributed by atoms with van der Waals surface area (Å²) in [5.74, 6) is 0.587. The molecule has 0 atom stereocenters. The van der Waals surface area contributed by atoms with Crippen LogP contribution in [0.4, 0.5) is 15.7 Å². The van der Waals surface area contributed by atoms with Crippen molar-refractivity contribution in [1.82, 2.24) is 14.8 Å². The van der Waals surface area contributed by atoms with Crippen molar-refractivity contribution in [3.05, 3.63) is 85.2 Å². The zero-order chi connectivity index (χ0) is 21.1. The van der Waals surface area contributed by atoms with Crippen molar-refractivity contribution in [1.29, 1.82) is 0 Å². The number of benzene rings is 2. The van der Waals surface area contributed by atoms with Crippen LogP contribution in [0.5, 0.6) is 0 Å². The maximum Gasteiger partial charge on any atom is 0.326 e. The van der Waals surface area contributed by atoms with Gasteiger partial charge in [-0.25, -0.2) is 14.5 Å². The third-order valence-electron chi connectivity index (χ3n) is 4.46. The van der Waals surface area contributed by atoms with Gasteiger partial charge in [-0.3, -0.25) is 10.6 Å². The zero-order valence-corrected chi connectivity index (χ0v) is 22.2. The second-order valence-electron chi connectivity index (χ2n) is 7.82. The van der Waals surface area contributed by atoms with Crippen molar-refractivity contribution in [2.45, 2.75) is 26.2 Å². The number of carbonyl (C=O) groups is 1. The molecule has 0 unspecified atom stereocenters. The molecule has 6 nitrogen and oxygen atoms in total. The first-order valence-corrected chi connectivity index (χ1v) is 10.4. The van der Waals surface area contributed by atoms with Gasteiger partial charge in [0.15, 0.2) is 5.13 Å². The molecule has 2 amide bonds. The van der Waals surface area contributed by atoms with Gasteiger partial charge in [-0.15, -0.1) is 23.5 Å². The molecule has 2 aromatic carbocycles. The van der Waals surface area contributed by atoms with Gasteiger partial charge in [0.05, 0.1) is 11.4 Å². The first kappa shape index (κ1) is 25.9. The Balaban J connectivity index is 0.00000181. The molecule has 163 valence electrons. The topological polar surface area (TPSA) is 71.8 Å². The first-order valence-electron chi connectivity index (χ1n) is 9.56. The summed E-state index contributed by atoms with van der Waals surface area (Å²) >= 11 is 1.38. The molecule has 0 fully saturated rings. The summed E-state index contributed by atoms with van der Waals surface area (Å²) in [6.07, 6.45) is 0.